The number of carboxylic acids is 1. The third-order valence-electron chi connectivity index (χ3n) is 6.10. The fourth-order valence-electron chi connectivity index (χ4n) is 4.37. The number of β-lactam (4-membered cyclic amide) rings is 1. The Bertz CT molecular complexity index is 1110. The van der Waals surface area contributed by atoms with Gasteiger partial charge in [0.05, 0.1) is 0 Å². The maximum atomic E-state index is 13.3. The van der Waals surface area contributed by atoms with Crippen LogP contribution in [-0.2, 0) is 19.2 Å². The summed E-state index contributed by atoms with van der Waals surface area (Å²) < 4.78 is -0.707. The second kappa shape index (κ2) is 9.11. The highest BCUT2D eigenvalue weighted by atomic mass is 32.2. The Hall–Kier alpha value is -3.37. The van der Waals surface area contributed by atoms with Crippen LogP contribution in [0.1, 0.15) is 37.1 Å². The van der Waals surface area contributed by atoms with Crippen LogP contribution in [0, 0.1) is 0 Å². The van der Waals surface area contributed by atoms with Crippen LogP contribution >= 0.6 is 11.8 Å². The lowest BCUT2D eigenvalue weighted by molar-refractivity contribution is -0.161. The van der Waals surface area contributed by atoms with E-state index < -0.39 is 58.0 Å². The van der Waals surface area contributed by atoms with E-state index in [-0.39, 0.29) is 0 Å². The van der Waals surface area contributed by atoms with Crippen molar-refractivity contribution in [2.24, 2.45) is 5.73 Å². The molecule has 4 rings (SSSR count). The number of rotatable bonds is 7. The van der Waals surface area contributed by atoms with Crippen molar-refractivity contribution >= 4 is 35.5 Å². The zero-order valence-corrected chi connectivity index (χ0v) is 19.5. The Morgan fingerprint density at radius 2 is 1.56 bits per heavy atom. The molecule has 5 atom stereocenters. The number of amides is 3. The standard InChI is InChI=1S/C24H26N4O5S/c1-24(2)18(23(32)33)28-21(31)17(22(28)34-24)27-20(30)16(14-11-7-4-8-12-14)26-19(29)15(25)13-9-5-3-6-10-13/h3-12,15-18,22H,25H2,1-2H3,(H,26,29)(H,27,30)(H,32,33)/t15?,16?,17-,18+,22-/m1/s1. The topological polar surface area (TPSA) is 142 Å². The second-order valence-corrected chi connectivity index (χ2v) is 10.6. The first-order valence-corrected chi connectivity index (χ1v) is 11.7. The quantitative estimate of drug-likeness (QED) is 0.434. The van der Waals surface area contributed by atoms with E-state index in [1.165, 1.54) is 16.7 Å². The fourth-order valence-corrected chi connectivity index (χ4v) is 6.00. The normalized spacial score (nSPS) is 24.4. The third kappa shape index (κ3) is 4.26. The van der Waals surface area contributed by atoms with Crippen molar-refractivity contribution in [3.8, 4) is 0 Å². The van der Waals surface area contributed by atoms with E-state index in [0.29, 0.717) is 11.1 Å². The van der Waals surface area contributed by atoms with Gasteiger partial charge < -0.3 is 26.4 Å². The van der Waals surface area contributed by atoms with Gasteiger partial charge in [0.15, 0.2) is 0 Å². The Balaban J connectivity index is 1.52. The van der Waals surface area contributed by atoms with Crippen molar-refractivity contribution in [3.63, 3.8) is 0 Å². The summed E-state index contributed by atoms with van der Waals surface area (Å²) in [5.74, 6) is -2.65. The monoisotopic (exact) mass is 482 g/mol. The summed E-state index contributed by atoms with van der Waals surface area (Å²) >= 11 is 1.33. The summed E-state index contributed by atoms with van der Waals surface area (Å²) in [6, 6.07) is 13.5. The van der Waals surface area contributed by atoms with Crippen LogP contribution in [0.25, 0.3) is 0 Å². The van der Waals surface area contributed by atoms with Gasteiger partial charge >= 0.3 is 5.97 Å². The number of benzene rings is 2. The van der Waals surface area contributed by atoms with Gasteiger partial charge in [0.1, 0.15) is 29.5 Å². The van der Waals surface area contributed by atoms with Crippen LogP contribution < -0.4 is 16.4 Å². The molecule has 2 fully saturated rings. The molecule has 0 saturated carbocycles. The van der Waals surface area contributed by atoms with Gasteiger partial charge in [-0.3, -0.25) is 14.4 Å². The van der Waals surface area contributed by atoms with E-state index in [2.05, 4.69) is 10.6 Å². The highest BCUT2D eigenvalue weighted by molar-refractivity contribution is 8.01. The Labute approximate surface area is 201 Å². The van der Waals surface area contributed by atoms with Gasteiger partial charge in [-0.2, -0.15) is 0 Å². The van der Waals surface area contributed by atoms with Gasteiger partial charge in [-0.05, 0) is 25.0 Å². The Morgan fingerprint density at radius 3 is 2.12 bits per heavy atom. The lowest BCUT2D eigenvalue weighted by atomic mass is 9.95. The molecule has 0 bridgehead atoms. The molecule has 2 aromatic rings. The summed E-state index contributed by atoms with van der Waals surface area (Å²) in [6.45, 7) is 3.53. The largest absolute Gasteiger partial charge is 0.480 e. The van der Waals surface area contributed by atoms with E-state index in [1.807, 2.05) is 6.07 Å². The highest BCUT2D eigenvalue weighted by Crippen LogP contribution is 2.50. The molecule has 2 aliphatic heterocycles. The number of nitrogens with two attached hydrogens (primary N) is 1. The molecule has 0 spiro atoms. The van der Waals surface area contributed by atoms with Crippen molar-refractivity contribution in [3.05, 3.63) is 71.8 Å². The van der Waals surface area contributed by atoms with Crippen LogP contribution in [-0.4, -0.2) is 55.9 Å². The van der Waals surface area contributed by atoms with Gasteiger partial charge in [0.2, 0.25) is 17.7 Å². The number of carbonyl (C=O) groups is 4. The maximum absolute atomic E-state index is 13.3. The van der Waals surface area contributed by atoms with Gasteiger partial charge in [-0.1, -0.05) is 60.7 Å². The SMILES string of the molecule is CC1(C)S[C@@H]2[C@H](NC(=O)C(NC(=O)C(N)c3ccccc3)c3ccccc3)C(=O)N2[C@H]1C(=O)O. The smallest absolute Gasteiger partial charge is 0.327 e. The molecular formula is C24H26N4O5S. The molecule has 2 aromatic carbocycles. The molecule has 9 nitrogen and oxygen atoms in total. The summed E-state index contributed by atoms with van der Waals surface area (Å²) in [5, 5.41) is 14.5. The zero-order valence-electron chi connectivity index (χ0n) is 18.7. The molecule has 0 radical (unpaired) electrons. The van der Waals surface area contributed by atoms with Crippen molar-refractivity contribution in [1.29, 1.82) is 0 Å². The Kier molecular flexibility index (Phi) is 6.37. The molecule has 2 saturated heterocycles. The Morgan fingerprint density at radius 1 is 1.00 bits per heavy atom. The molecule has 3 amide bonds. The van der Waals surface area contributed by atoms with E-state index in [9.17, 15) is 24.3 Å². The first kappa shape index (κ1) is 23.8. The number of hydrogen-bond donors (Lipinski definition) is 4. The summed E-state index contributed by atoms with van der Waals surface area (Å²) in [4.78, 5) is 52.0. The summed E-state index contributed by atoms with van der Waals surface area (Å²) in [7, 11) is 0. The van der Waals surface area contributed by atoms with Crippen molar-refractivity contribution in [1.82, 2.24) is 15.5 Å². The van der Waals surface area contributed by atoms with Gasteiger partial charge in [0.25, 0.3) is 0 Å². The average Bonchev–Trinajstić information content (AvgIpc) is 3.09. The van der Waals surface area contributed by atoms with Crippen LogP contribution in [0.2, 0.25) is 0 Å². The lowest BCUT2D eigenvalue weighted by Crippen LogP contribution is -2.71. The second-order valence-electron chi connectivity index (χ2n) is 8.83. The summed E-state index contributed by atoms with van der Waals surface area (Å²) in [5.41, 5.74) is 7.23. The highest BCUT2D eigenvalue weighted by Gasteiger charge is 2.64. The lowest BCUT2D eigenvalue weighted by Gasteiger charge is -2.44. The number of nitrogens with one attached hydrogen (secondary N) is 2. The zero-order chi connectivity index (χ0) is 24.6. The number of hydrogen-bond acceptors (Lipinski definition) is 6. The van der Waals surface area contributed by atoms with E-state index >= 15 is 0 Å². The van der Waals surface area contributed by atoms with Crippen LogP contribution in [0.15, 0.2) is 60.7 Å². The minimum absolute atomic E-state index is 0.456. The predicted octanol–water partition coefficient (Wildman–Crippen LogP) is 1.18. The first-order valence-electron chi connectivity index (χ1n) is 10.8. The minimum atomic E-state index is -1.08. The molecule has 2 heterocycles. The van der Waals surface area contributed by atoms with Gasteiger partial charge in [-0.25, -0.2) is 4.79 Å². The number of nitrogens with zero attached hydrogens (tertiary/aromatic N) is 1. The molecule has 34 heavy (non-hydrogen) atoms. The van der Waals surface area contributed by atoms with E-state index in [1.54, 1.807) is 68.4 Å². The van der Waals surface area contributed by atoms with Crippen molar-refractivity contribution in [2.75, 3.05) is 0 Å². The van der Waals surface area contributed by atoms with E-state index in [4.69, 9.17) is 5.73 Å². The molecule has 0 aromatic heterocycles. The first-order chi connectivity index (χ1) is 16.1. The van der Waals surface area contributed by atoms with Crippen LogP contribution in [0.5, 0.6) is 0 Å². The predicted molar refractivity (Wildman–Crippen MR) is 126 cm³/mol. The van der Waals surface area contributed by atoms with Gasteiger partial charge in [-0.15, -0.1) is 11.8 Å². The fraction of sp³-hybridized carbons (Fsp3) is 0.333. The number of carboxylic acid groups (broad SMARTS) is 1. The number of aliphatic carboxylic acids is 1. The summed E-state index contributed by atoms with van der Waals surface area (Å²) in [6.07, 6.45) is 0. The number of fused-ring (bicyclic) bond motifs is 1. The number of carbonyl (C=O) groups excluding carboxylic acids is 3. The van der Waals surface area contributed by atoms with E-state index in [0.717, 1.165) is 0 Å². The molecule has 5 N–H and O–H groups in total. The molecule has 2 aliphatic rings. The third-order valence-corrected chi connectivity index (χ3v) is 7.67. The molecule has 10 heteroatoms. The molecule has 178 valence electrons. The molecule has 0 aliphatic carbocycles. The van der Waals surface area contributed by atoms with Gasteiger partial charge in [0, 0.05) is 4.75 Å². The number of thioether (sulfide) groups is 1. The van der Waals surface area contributed by atoms with Crippen LogP contribution in [0.4, 0.5) is 0 Å². The van der Waals surface area contributed by atoms with Crippen LogP contribution in [0.3, 0.4) is 0 Å². The van der Waals surface area contributed by atoms with Crippen molar-refractivity contribution in [2.45, 2.75) is 48.1 Å². The maximum Gasteiger partial charge on any atom is 0.327 e. The van der Waals surface area contributed by atoms with Crippen molar-refractivity contribution < 1.29 is 24.3 Å². The molecular weight excluding hydrogens is 456 g/mol. The minimum Gasteiger partial charge on any atom is -0.480 e. The molecule has 2 unspecified atom stereocenters. The average molecular weight is 483 g/mol.